The van der Waals surface area contributed by atoms with Crippen molar-refractivity contribution in [2.45, 2.75) is 13.8 Å². The number of hydrogen-bond donors (Lipinski definition) is 1. The maximum absolute atomic E-state index is 13.5. The highest BCUT2D eigenvalue weighted by atomic mass is 31.2. The zero-order valence-electron chi connectivity index (χ0n) is 18.6. The van der Waals surface area contributed by atoms with E-state index in [-0.39, 0.29) is 13.2 Å². The van der Waals surface area contributed by atoms with Gasteiger partial charge < -0.3 is 14.0 Å². The van der Waals surface area contributed by atoms with Gasteiger partial charge in [0.05, 0.1) is 18.7 Å². The molecule has 0 amide bonds. The highest BCUT2D eigenvalue weighted by Crippen LogP contribution is 2.47. The van der Waals surface area contributed by atoms with Crippen molar-refractivity contribution in [1.82, 2.24) is 9.97 Å². The summed E-state index contributed by atoms with van der Waals surface area (Å²) in [7, 11) is -3.51. The third kappa shape index (κ3) is 4.00. The summed E-state index contributed by atoms with van der Waals surface area (Å²) in [5.41, 5.74) is 5.32. The number of nitrogens with zero attached hydrogens (tertiary/aromatic N) is 1. The molecule has 0 spiro atoms. The van der Waals surface area contributed by atoms with E-state index in [0.29, 0.717) is 5.44 Å². The molecular weight excluding hydrogens is 431 g/mol. The molecule has 33 heavy (non-hydrogen) atoms. The van der Waals surface area contributed by atoms with E-state index in [0.717, 1.165) is 43.9 Å². The molecule has 0 saturated carbocycles. The SMILES string of the molecule is CCOP(=O)(OCC)c1ccc2cc(-c3cc[nH]c3)cc(-c3cccc4ccccc34)c2n1. The lowest BCUT2D eigenvalue weighted by molar-refractivity contribution is 0.229. The summed E-state index contributed by atoms with van der Waals surface area (Å²) in [6.07, 6.45) is 3.90. The molecule has 0 radical (unpaired) electrons. The number of H-pyrrole nitrogens is 1. The van der Waals surface area contributed by atoms with Crippen LogP contribution in [0.2, 0.25) is 0 Å². The van der Waals surface area contributed by atoms with Crippen LogP contribution < -0.4 is 5.44 Å². The molecule has 5 aromatic rings. The van der Waals surface area contributed by atoms with E-state index in [2.05, 4.69) is 47.4 Å². The van der Waals surface area contributed by atoms with Crippen molar-refractivity contribution in [2.24, 2.45) is 0 Å². The Morgan fingerprint density at radius 1 is 0.818 bits per heavy atom. The first kappa shape index (κ1) is 21.6. The van der Waals surface area contributed by atoms with Gasteiger partial charge in [-0.05, 0) is 65.6 Å². The zero-order valence-corrected chi connectivity index (χ0v) is 19.5. The third-order valence-corrected chi connectivity index (χ3v) is 7.67. The molecule has 0 aliphatic heterocycles. The van der Waals surface area contributed by atoms with Crippen LogP contribution in [0.4, 0.5) is 0 Å². The van der Waals surface area contributed by atoms with Crippen LogP contribution >= 0.6 is 7.60 Å². The first-order chi connectivity index (χ1) is 16.1. The van der Waals surface area contributed by atoms with E-state index < -0.39 is 7.60 Å². The molecule has 2 aromatic heterocycles. The average molecular weight is 456 g/mol. The molecule has 0 aliphatic rings. The minimum atomic E-state index is -3.51. The fourth-order valence-electron chi connectivity index (χ4n) is 4.22. The molecule has 0 aliphatic carbocycles. The summed E-state index contributed by atoms with van der Waals surface area (Å²) in [6, 6.07) is 24.6. The number of hydrogen-bond acceptors (Lipinski definition) is 4. The Labute approximate surface area is 192 Å². The number of fused-ring (bicyclic) bond motifs is 2. The van der Waals surface area contributed by atoms with Crippen LogP contribution in [0.3, 0.4) is 0 Å². The molecule has 6 heteroatoms. The van der Waals surface area contributed by atoms with Crippen molar-refractivity contribution < 1.29 is 13.6 Å². The van der Waals surface area contributed by atoms with E-state index in [9.17, 15) is 4.57 Å². The van der Waals surface area contributed by atoms with E-state index in [4.69, 9.17) is 14.0 Å². The summed E-state index contributed by atoms with van der Waals surface area (Å²) < 4.78 is 24.6. The van der Waals surface area contributed by atoms with Crippen molar-refractivity contribution in [2.75, 3.05) is 13.2 Å². The van der Waals surface area contributed by atoms with Gasteiger partial charge in [-0.25, -0.2) is 4.98 Å². The summed E-state index contributed by atoms with van der Waals surface area (Å²) in [6.45, 7) is 4.16. The molecule has 2 heterocycles. The second kappa shape index (κ2) is 8.95. The number of pyridine rings is 1. The van der Waals surface area contributed by atoms with E-state index in [1.54, 1.807) is 19.9 Å². The molecule has 0 bridgehead atoms. The standard InChI is InChI=1S/C27H25N2O3P/c1-3-31-33(30,32-4-2)26-13-12-20-16-22(21-14-15-28-18-21)17-25(27(20)29-26)24-11-7-9-19-8-5-6-10-23(19)24/h5-18,28H,3-4H2,1-2H3. The van der Waals surface area contributed by atoms with Crippen molar-refractivity contribution in [3.05, 3.63) is 85.2 Å². The van der Waals surface area contributed by atoms with Crippen LogP contribution in [0, 0.1) is 0 Å². The largest absolute Gasteiger partial charge is 0.379 e. The third-order valence-electron chi connectivity index (χ3n) is 5.67. The zero-order chi connectivity index (χ0) is 22.8. The van der Waals surface area contributed by atoms with Gasteiger partial charge in [-0.3, -0.25) is 4.57 Å². The second-order valence-corrected chi connectivity index (χ2v) is 9.69. The predicted octanol–water partition coefficient (Wildman–Crippen LogP) is 6.94. The highest BCUT2D eigenvalue weighted by molar-refractivity contribution is 7.61. The van der Waals surface area contributed by atoms with Crippen LogP contribution in [0.5, 0.6) is 0 Å². The molecule has 0 unspecified atom stereocenters. The molecule has 166 valence electrons. The summed E-state index contributed by atoms with van der Waals surface area (Å²) in [5, 5.41) is 3.25. The van der Waals surface area contributed by atoms with Crippen molar-refractivity contribution in [3.63, 3.8) is 0 Å². The maximum atomic E-state index is 13.5. The number of aromatic amines is 1. The van der Waals surface area contributed by atoms with Gasteiger partial charge in [0.25, 0.3) is 0 Å². The van der Waals surface area contributed by atoms with Crippen molar-refractivity contribution in [1.29, 1.82) is 0 Å². The smallest absolute Gasteiger partial charge is 0.367 e. The fourth-order valence-corrected chi connectivity index (χ4v) is 5.72. The molecule has 0 atom stereocenters. The van der Waals surface area contributed by atoms with Gasteiger partial charge in [-0.2, -0.15) is 0 Å². The van der Waals surface area contributed by atoms with Crippen LogP contribution in [0.1, 0.15) is 13.8 Å². The predicted molar refractivity (Wildman–Crippen MR) is 135 cm³/mol. The Kier molecular flexibility index (Phi) is 5.86. The number of benzene rings is 3. The Balaban J connectivity index is 1.82. The van der Waals surface area contributed by atoms with E-state index in [1.807, 2.05) is 36.7 Å². The lowest BCUT2D eigenvalue weighted by Crippen LogP contribution is -2.14. The topological polar surface area (TPSA) is 64.2 Å². The highest BCUT2D eigenvalue weighted by Gasteiger charge is 2.29. The Morgan fingerprint density at radius 2 is 1.61 bits per heavy atom. The minimum absolute atomic E-state index is 0.277. The first-order valence-corrected chi connectivity index (χ1v) is 12.6. The number of nitrogens with one attached hydrogen (secondary N) is 1. The summed E-state index contributed by atoms with van der Waals surface area (Å²) in [4.78, 5) is 8.01. The van der Waals surface area contributed by atoms with Gasteiger partial charge in [-0.15, -0.1) is 0 Å². The Morgan fingerprint density at radius 3 is 2.36 bits per heavy atom. The van der Waals surface area contributed by atoms with Crippen LogP contribution in [0.25, 0.3) is 43.9 Å². The number of rotatable bonds is 7. The monoisotopic (exact) mass is 456 g/mol. The minimum Gasteiger partial charge on any atom is -0.367 e. The molecule has 5 nitrogen and oxygen atoms in total. The Bertz CT molecular complexity index is 1460. The normalized spacial score (nSPS) is 11.9. The summed E-state index contributed by atoms with van der Waals surface area (Å²) in [5.74, 6) is 0. The number of aromatic nitrogens is 2. The molecular formula is C27H25N2O3P. The molecule has 0 fully saturated rings. The van der Waals surface area contributed by atoms with Gasteiger partial charge in [0.1, 0.15) is 0 Å². The van der Waals surface area contributed by atoms with E-state index >= 15 is 0 Å². The molecule has 5 rings (SSSR count). The van der Waals surface area contributed by atoms with Crippen molar-refractivity contribution in [3.8, 4) is 22.3 Å². The van der Waals surface area contributed by atoms with Crippen LogP contribution in [-0.2, 0) is 13.6 Å². The average Bonchev–Trinajstić information content (AvgIpc) is 3.38. The van der Waals surface area contributed by atoms with E-state index in [1.165, 1.54) is 0 Å². The lowest BCUT2D eigenvalue weighted by atomic mass is 9.93. The summed E-state index contributed by atoms with van der Waals surface area (Å²) >= 11 is 0. The lowest BCUT2D eigenvalue weighted by Gasteiger charge is -2.18. The van der Waals surface area contributed by atoms with Gasteiger partial charge >= 0.3 is 7.60 Å². The van der Waals surface area contributed by atoms with Gasteiger partial charge in [-0.1, -0.05) is 48.5 Å². The maximum Gasteiger partial charge on any atom is 0.379 e. The molecule has 3 aromatic carbocycles. The quantitative estimate of drug-likeness (QED) is 0.269. The second-order valence-electron chi connectivity index (χ2n) is 7.72. The fraction of sp³-hybridized carbons (Fsp3) is 0.148. The molecule has 0 saturated heterocycles. The Hall–Kier alpha value is -3.24. The van der Waals surface area contributed by atoms with Gasteiger partial charge in [0, 0.05) is 23.3 Å². The first-order valence-electron chi connectivity index (χ1n) is 11.1. The van der Waals surface area contributed by atoms with Gasteiger partial charge in [0.15, 0.2) is 5.44 Å². The van der Waals surface area contributed by atoms with Crippen LogP contribution in [-0.4, -0.2) is 23.2 Å². The molecule has 1 N–H and O–H groups in total. The van der Waals surface area contributed by atoms with Crippen molar-refractivity contribution >= 4 is 34.7 Å². The van der Waals surface area contributed by atoms with Gasteiger partial charge in [0.2, 0.25) is 0 Å². The van der Waals surface area contributed by atoms with Crippen LogP contribution in [0.15, 0.2) is 85.2 Å².